The smallest absolute Gasteiger partial charge is 0.319 e. The summed E-state index contributed by atoms with van der Waals surface area (Å²) in [5, 5.41) is 18.3. The van der Waals surface area contributed by atoms with Gasteiger partial charge in [-0.25, -0.2) is 14.2 Å². The van der Waals surface area contributed by atoms with Crippen LogP contribution in [0.4, 0.5) is 15.0 Å². The van der Waals surface area contributed by atoms with E-state index in [0.717, 1.165) is 23.8 Å². The molecule has 0 aliphatic carbocycles. The summed E-state index contributed by atoms with van der Waals surface area (Å²) in [5.74, 6) is -0.223. The summed E-state index contributed by atoms with van der Waals surface area (Å²) >= 11 is 0. The second-order valence-corrected chi connectivity index (χ2v) is 12.4. The highest BCUT2D eigenvalue weighted by Crippen LogP contribution is 2.34. The molecule has 5 rings (SSSR count). The third kappa shape index (κ3) is 6.15. The van der Waals surface area contributed by atoms with Crippen molar-refractivity contribution >= 4 is 28.8 Å². The number of pyridine rings is 1. The molecule has 0 radical (unpaired) electrons. The fraction of sp³-hybridized carbons (Fsp3) is 0.467. The summed E-state index contributed by atoms with van der Waals surface area (Å²) in [6.07, 6.45) is 3.37. The lowest BCUT2D eigenvalue weighted by Gasteiger charge is -2.39. The van der Waals surface area contributed by atoms with Crippen LogP contribution < -0.4 is 10.6 Å². The predicted octanol–water partition coefficient (Wildman–Crippen LogP) is 4.88. The number of amides is 3. The molecule has 12 nitrogen and oxygen atoms in total. The van der Waals surface area contributed by atoms with Gasteiger partial charge in [0, 0.05) is 49.9 Å². The standard InChI is InChI=1S/C30H38FN9O3/c1-16-8-10-19(15-40(16)29(42)39(6)7)34-25-23-21(12-13-32-24(23)36-37-25)18-9-11-20(22(31)14-18)17(2)33-26(41)27-35-28(38-43-27)30(3,4)5/h9,11-14,16-17,19H,8,10,15H2,1-7H3,(H,33,41)(H2,32,34,36,37)/t16-,17+,19+/m0/s1. The van der Waals surface area contributed by atoms with Gasteiger partial charge in [0.15, 0.2) is 17.3 Å². The molecule has 3 atom stereocenters. The van der Waals surface area contributed by atoms with E-state index in [1.807, 2.05) is 31.7 Å². The van der Waals surface area contributed by atoms with E-state index in [-0.39, 0.29) is 29.4 Å². The van der Waals surface area contributed by atoms with Crippen molar-refractivity contribution in [1.82, 2.24) is 40.4 Å². The van der Waals surface area contributed by atoms with E-state index in [1.54, 1.807) is 44.2 Å². The number of rotatable bonds is 6. The summed E-state index contributed by atoms with van der Waals surface area (Å²) in [7, 11) is 3.50. The Morgan fingerprint density at radius 1 is 1.21 bits per heavy atom. The number of hydrogen-bond acceptors (Lipinski definition) is 8. The van der Waals surface area contributed by atoms with Crippen LogP contribution in [0.5, 0.6) is 0 Å². The van der Waals surface area contributed by atoms with E-state index in [9.17, 15) is 9.59 Å². The number of nitrogens with zero attached hydrogens (tertiary/aromatic N) is 6. The van der Waals surface area contributed by atoms with Gasteiger partial charge in [0.2, 0.25) is 0 Å². The Hall–Kier alpha value is -4.55. The van der Waals surface area contributed by atoms with Gasteiger partial charge in [0.25, 0.3) is 0 Å². The van der Waals surface area contributed by atoms with Gasteiger partial charge in [-0.15, -0.1) is 0 Å². The molecular weight excluding hydrogens is 553 g/mol. The number of aromatic nitrogens is 5. The zero-order chi connectivity index (χ0) is 31.1. The van der Waals surface area contributed by atoms with Crippen LogP contribution in [0.15, 0.2) is 35.0 Å². The topological polar surface area (TPSA) is 145 Å². The quantitative estimate of drug-likeness (QED) is 0.288. The maximum atomic E-state index is 15.5. The maximum Gasteiger partial charge on any atom is 0.319 e. The fourth-order valence-corrected chi connectivity index (χ4v) is 5.24. The zero-order valence-electron chi connectivity index (χ0n) is 25.5. The molecule has 3 amide bonds. The molecule has 13 heteroatoms. The molecule has 0 unspecified atom stereocenters. The number of carbonyl (C=O) groups is 2. The lowest BCUT2D eigenvalue weighted by atomic mass is 9.96. The van der Waals surface area contributed by atoms with Crippen LogP contribution in [-0.4, -0.2) is 79.8 Å². The van der Waals surface area contributed by atoms with Crippen LogP contribution in [0.3, 0.4) is 0 Å². The van der Waals surface area contributed by atoms with Gasteiger partial charge in [-0.05, 0) is 49.9 Å². The monoisotopic (exact) mass is 591 g/mol. The average molecular weight is 592 g/mol. The van der Waals surface area contributed by atoms with Crippen LogP contribution in [0, 0.1) is 5.82 Å². The van der Waals surface area contributed by atoms with Gasteiger partial charge in [-0.3, -0.25) is 9.89 Å². The number of halogens is 1. The molecule has 1 aliphatic heterocycles. The van der Waals surface area contributed by atoms with Crippen LogP contribution in [-0.2, 0) is 5.41 Å². The first kappa shape index (κ1) is 29.9. The van der Waals surface area contributed by atoms with Gasteiger partial charge >= 0.3 is 17.8 Å². The zero-order valence-corrected chi connectivity index (χ0v) is 25.5. The largest absolute Gasteiger partial charge is 0.364 e. The lowest BCUT2D eigenvalue weighted by Crippen LogP contribution is -2.52. The summed E-state index contributed by atoms with van der Waals surface area (Å²) in [5.41, 5.74) is 1.87. The Morgan fingerprint density at radius 3 is 2.65 bits per heavy atom. The van der Waals surface area contributed by atoms with Crippen LogP contribution >= 0.6 is 0 Å². The molecule has 0 saturated carbocycles. The maximum absolute atomic E-state index is 15.5. The number of nitrogens with one attached hydrogen (secondary N) is 3. The van der Waals surface area contributed by atoms with Crippen molar-refractivity contribution in [2.45, 2.75) is 71.0 Å². The van der Waals surface area contributed by atoms with E-state index >= 15 is 4.39 Å². The van der Waals surface area contributed by atoms with Gasteiger partial charge in [-0.1, -0.05) is 38.1 Å². The van der Waals surface area contributed by atoms with E-state index in [0.29, 0.717) is 35.0 Å². The van der Waals surface area contributed by atoms with Crippen molar-refractivity contribution in [2.24, 2.45) is 0 Å². The molecule has 3 aromatic heterocycles. The minimum absolute atomic E-state index is 0.0124. The van der Waals surface area contributed by atoms with Crippen molar-refractivity contribution in [3.8, 4) is 11.1 Å². The third-order valence-electron chi connectivity index (χ3n) is 7.73. The molecule has 0 spiro atoms. The fourth-order valence-electron chi connectivity index (χ4n) is 5.24. The number of piperidine rings is 1. The van der Waals surface area contributed by atoms with Crippen LogP contribution in [0.25, 0.3) is 22.2 Å². The first-order valence-corrected chi connectivity index (χ1v) is 14.4. The number of hydrogen-bond donors (Lipinski definition) is 3. The van der Waals surface area contributed by atoms with E-state index in [2.05, 4.69) is 42.9 Å². The number of carbonyl (C=O) groups excluding carboxylic acids is 2. The van der Waals surface area contributed by atoms with Crippen molar-refractivity contribution in [1.29, 1.82) is 0 Å². The summed E-state index contributed by atoms with van der Waals surface area (Å²) in [4.78, 5) is 37.5. The highest BCUT2D eigenvalue weighted by atomic mass is 19.1. The molecule has 0 bridgehead atoms. The Morgan fingerprint density at radius 2 is 1.98 bits per heavy atom. The molecule has 1 fully saturated rings. The summed E-state index contributed by atoms with van der Waals surface area (Å²) < 4.78 is 20.6. The van der Waals surface area contributed by atoms with Crippen molar-refractivity contribution in [3.05, 3.63) is 53.6 Å². The normalized spacial score (nSPS) is 18.0. The SMILES string of the molecule is C[C@@H](NC(=O)c1nc(C(C)(C)C)no1)c1ccc(-c2ccnc3[nH]nc(N[C@@H]4CC[C@H](C)N(C(=O)N(C)C)C4)c23)cc1F. The van der Waals surface area contributed by atoms with Crippen LogP contribution in [0.2, 0.25) is 0 Å². The molecule has 4 aromatic rings. The van der Waals surface area contributed by atoms with Gasteiger partial charge in [0.1, 0.15) is 5.82 Å². The minimum atomic E-state index is -0.656. The second kappa shape index (κ2) is 11.6. The number of anilines is 1. The third-order valence-corrected chi connectivity index (χ3v) is 7.73. The molecular formula is C30H38FN9O3. The van der Waals surface area contributed by atoms with Crippen molar-refractivity contribution in [2.75, 3.05) is 26.0 Å². The number of aromatic amines is 1. The molecule has 1 aromatic carbocycles. The highest BCUT2D eigenvalue weighted by molar-refractivity contribution is 6.00. The van der Waals surface area contributed by atoms with Crippen molar-refractivity contribution in [3.63, 3.8) is 0 Å². The Bertz CT molecular complexity index is 1640. The Labute approximate surface area is 249 Å². The minimum Gasteiger partial charge on any atom is -0.364 e. The second-order valence-electron chi connectivity index (χ2n) is 12.4. The van der Waals surface area contributed by atoms with Gasteiger partial charge in [0.05, 0.1) is 11.4 Å². The predicted molar refractivity (Wildman–Crippen MR) is 160 cm³/mol. The number of H-pyrrole nitrogens is 1. The number of urea groups is 1. The molecule has 1 saturated heterocycles. The Kier molecular flexibility index (Phi) is 8.08. The van der Waals surface area contributed by atoms with Crippen molar-refractivity contribution < 1.29 is 18.5 Å². The van der Waals surface area contributed by atoms with E-state index in [4.69, 9.17) is 4.52 Å². The highest BCUT2D eigenvalue weighted by Gasteiger charge is 2.31. The van der Waals surface area contributed by atoms with E-state index in [1.165, 1.54) is 6.07 Å². The molecule has 1 aliphatic rings. The van der Waals surface area contributed by atoms with Gasteiger partial charge in [-0.2, -0.15) is 10.1 Å². The van der Waals surface area contributed by atoms with Crippen LogP contribution in [0.1, 0.15) is 75.6 Å². The molecule has 4 heterocycles. The number of fused-ring (bicyclic) bond motifs is 1. The first-order valence-electron chi connectivity index (χ1n) is 14.4. The summed E-state index contributed by atoms with van der Waals surface area (Å²) in [6, 6.07) is 6.15. The van der Waals surface area contributed by atoms with E-state index < -0.39 is 17.8 Å². The summed E-state index contributed by atoms with van der Waals surface area (Å²) in [6.45, 7) is 10.0. The Balaban J connectivity index is 1.36. The number of likely N-dealkylation sites (tertiary alicyclic amines) is 1. The first-order chi connectivity index (χ1) is 20.3. The number of benzene rings is 1. The molecule has 3 N–H and O–H groups in total. The molecule has 228 valence electrons. The lowest BCUT2D eigenvalue weighted by molar-refractivity contribution is 0.0895. The average Bonchev–Trinajstić information content (AvgIpc) is 3.62. The molecule has 43 heavy (non-hydrogen) atoms. The van der Waals surface area contributed by atoms with Gasteiger partial charge < -0.3 is 25.0 Å².